The van der Waals surface area contributed by atoms with Crippen LogP contribution in [-0.2, 0) is 23.0 Å². The third-order valence-corrected chi connectivity index (χ3v) is 4.81. The number of aliphatic hydroxyl groups excluding tert-OH is 2. The fourth-order valence-corrected chi connectivity index (χ4v) is 3.54. The van der Waals surface area contributed by atoms with Crippen LogP contribution in [0.4, 0.5) is 0 Å². The topological polar surface area (TPSA) is 169 Å². The Morgan fingerprint density at radius 2 is 1.35 bits per heavy atom. The minimum absolute atomic E-state index is 0.0165. The molecule has 0 bridgehead atoms. The van der Waals surface area contributed by atoms with Gasteiger partial charge in [0.15, 0.2) is 0 Å². The van der Waals surface area contributed by atoms with Crippen LogP contribution in [-0.4, -0.2) is 58.5 Å². The van der Waals surface area contributed by atoms with Gasteiger partial charge in [0.05, 0.1) is 16.0 Å². The Labute approximate surface area is 150 Å². The third-order valence-electron chi connectivity index (χ3n) is 3.89. The van der Waals surface area contributed by atoms with Crippen molar-refractivity contribution in [1.29, 1.82) is 0 Å². The molecule has 0 unspecified atom stereocenters. The van der Waals surface area contributed by atoms with Gasteiger partial charge in [-0.15, -0.1) is 0 Å². The molecule has 26 heavy (non-hydrogen) atoms. The van der Waals surface area contributed by atoms with Gasteiger partial charge in [-0.05, 0) is 55.7 Å². The molecule has 10 heteroatoms. The van der Waals surface area contributed by atoms with E-state index in [0.717, 1.165) is 6.07 Å². The predicted octanol–water partition coefficient (Wildman–Crippen LogP) is 0.960. The fourth-order valence-electron chi connectivity index (χ4n) is 2.76. The summed E-state index contributed by atoms with van der Waals surface area (Å²) in [7, 11) is -4.85. The van der Waals surface area contributed by atoms with Gasteiger partial charge in [0.1, 0.15) is 0 Å². The molecule has 1 aromatic carbocycles. The Morgan fingerprint density at radius 3 is 1.73 bits per heavy atom. The van der Waals surface area contributed by atoms with E-state index in [9.17, 15) is 32.8 Å². The smallest absolute Gasteiger partial charge is 0.336 e. The average molecular weight is 390 g/mol. The number of carboxylic acids is 2. The lowest BCUT2D eigenvalue weighted by Gasteiger charge is -2.18. The van der Waals surface area contributed by atoms with E-state index in [1.54, 1.807) is 0 Å². The highest BCUT2D eigenvalue weighted by atomic mass is 32.2. The summed E-state index contributed by atoms with van der Waals surface area (Å²) in [5.74, 6) is -3.02. The van der Waals surface area contributed by atoms with Crippen LogP contribution in [0.2, 0.25) is 0 Å². The first-order valence-corrected chi connectivity index (χ1v) is 9.43. The quantitative estimate of drug-likeness (QED) is 0.273. The number of unbranched alkanes of at least 4 members (excludes halogenated alkanes) is 2. The van der Waals surface area contributed by atoms with Crippen molar-refractivity contribution in [2.24, 2.45) is 0 Å². The standard InChI is InChI=1S/C16H22O9S/c17-7-3-1-5-10-12(15(19)20)9-13(26(23,24)25)11(6-2-4-8-18)14(10)16(21)22/h9,17-18H,1-8H2,(H,19,20)(H,21,22)(H,23,24,25). The number of aliphatic hydroxyl groups is 2. The summed E-state index contributed by atoms with van der Waals surface area (Å²) < 4.78 is 32.8. The van der Waals surface area contributed by atoms with Crippen molar-refractivity contribution in [3.63, 3.8) is 0 Å². The monoisotopic (exact) mass is 390 g/mol. The van der Waals surface area contributed by atoms with Gasteiger partial charge in [-0.1, -0.05) is 0 Å². The lowest BCUT2D eigenvalue weighted by Crippen LogP contribution is -2.18. The Balaban J connectivity index is 3.72. The zero-order chi connectivity index (χ0) is 19.9. The van der Waals surface area contributed by atoms with Gasteiger partial charge in [0.25, 0.3) is 10.1 Å². The number of benzene rings is 1. The number of aromatic carboxylic acids is 2. The summed E-state index contributed by atoms with van der Waals surface area (Å²) in [4.78, 5) is 22.6. The summed E-state index contributed by atoms with van der Waals surface area (Å²) >= 11 is 0. The van der Waals surface area contributed by atoms with E-state index in [1.807, 2.05) is 0 Å². The maximum absolute atomic E-state index is 11.8. The highest BCUT2D eigenvalue weighted by molar-refractivity contribution is 7.85. The normalized spacial score (nSPS) is 11.5. The van der Waals surface area contributed by atoms with E-state index in [4.69, 9.17) is 10.2 Å². The Bertz CT molecular complexity index is 768. The van der Waals surface area contributed by atoms with Gasteiger partial charge in [0.2, 0.25) is 0 Å². The van der Waals surface area contributed by atoms with Crippen molar-refractivity contribution in [2.75, 3.05) is 13.2 Å². The molecular weight excluding hydrogens is 368 g/mol. The minimum Gasteiger partial charge on any atom is -0.478 e. The SMILES string of the molecule is O=C(O)c1cc(S(=O)(=O)O)c(CCCCO)c(C(=O)O)c1CCCCO. The molecule has 0 atom stereocenters. The van der Waals surface area contributed by atoms with Gasteiger partial charge >= 0.3 is 11.9 Å². The molecule has 0 radical (unpaired) electrons. The van der Waals surface area contributed by atoms with Crippen molar-refractivity contribution >= 4 is 22.1 Å². The van der Waals surface area contributed by atoms with Gasteiger partial charge in [-0.2, -0.15) is 8.42 Å². The highest BCUT2D eigenvalue weighted by Crippen LogP contribution is 2.30. The second-order valence-electron chi connectivity index (χ2n) is 5.70. The summed E-state index contributed by atoms with van der Waals surface area (Å²) in [5, 5.41) is 36.7. The molecule has 0 aromatic heterocycles. The van der Waals surface area contributed by atoms with Crippen LogP contribution in [0.3, 0.4) is 0 Å². The van der Waals surface area contributed by atoms with E-state index in [-0.39, 0.29) is 50.0 Å². The third kappa shape index (κ3) is 5.49. The van der Waals surface area contributed by atoms with Crippen LogP contribution >= 0.6 is 0 Å². The molecule has 0 heterocycles. The maximum Gasteiger partial charge on any atom is 0.336 e. The van der Waals surface area contributed by atoms with Crippen molar-refractivity contribution in [3.05, 3.63) is 28.3 Å². The molecule has 0 saturated carbocycles. The second kappa shape index (κ2) is 9.62. The molecule has 9 nitrogen and oxygen atoms in total. The zero-order valence-electron chi connectivity index (χ0n) is 14.0. The first-order chi connectivity index (χ1) is 12.1. The molecule has 1 aromatic rings. The zero-order valence-corrected chi connectivity index (χ0v) is 14.8. The molecule has 0 aliphatic heterocycles. The number of rotatable bonds is 11. The van der Waals surface area contributed by atoms with E-state index < -0.39 is 38.1 Å². The van der Waals surface area contributed by atoms with Gasteiger partial charge in [0, 0.05) is 13.2 Å². The van der Waals surface area contributed by atoms with E-state index in [2.05, 4.69) is 0 Å². The van der Waals surface area contributed by atoms with Crippen molar-refractivity contribution in [3.8, 4) is 0 Å². The van der Waals surface area contributed by atoms with Gasteiger partial charge in [-0.25, -0.2) is 9.59 Å². The summed E-state index contributed by atoms with van der Waals surface area (Å²) in [6.45, 7) is -0.336. The predicted molar refractivity (Wildman–Crippen MR) is 90.2 cm³/mol. The summed E-state index contributed by atoms with van der Waals surface area (Å²) in [6.07, 6.45) is 1.11. The average Bonchev–Trinajstić information content (AvgIpc) is 2.53. The molecule has 5 N–H and O–H groups in total. The lowest BCUT2D eigenvalue weighted by molar-refractivity contribution is 0.0693. The molecular formula is C16H22O9S. The van der Waals surface area contributed by atoms with E-state index >= 15 is 0 Å². The number of carboxylic acid groups (broad SMARTS) is 2. The van der Waals surface area contributed by atoms with Gasteiger partial charge < -0.3 is 20.4 Å². The fraction of sp³-hybridized carbons (Fsp3) is 0.500. The number of hydrogen-bond acceptors (Lipinski definition) is 6. The van der Waals surface area contributed by atoms with Crippen molar-refractivity contribution in [1.82, 2.24) is 0 Å². The maximum atomic E-state index is 11.8. The number of hydrogen-bond donors (Lipinski definition) is 5. The van der Waals surface area contributed by atoms with Crippen LogP contribution in [0.15, 0.2) is 11.0 Å². The molecule has 0 spiro atoms. The Hall–Kier alpha value is -2.01. The summed E-state index contributed by atoms with van der Waals surface area (Å²) in [6, 6.07) is 0.771. The highest BCUT2D eigenvalue weighted by Gasteiger charge is 2.29. The van der Waals surface area contributed by atoms with Crippen LogP contribution in [0.5, 0.6) is 0 Å². The van der Waals surface area contributed by atoms with Crippen molar-refractivity contribution in [2.45, 2.75) is 43.4 Å². The largest absolute Gasteiger partial charge is 0.478 e. The molecule has 0 fully saturated rings. The molecule has 146 valence electrons. The second-order valence-corrected chi connectivity index (χ2v) is 7.09. The Kier molecular flexibility index (Phi) is 8.15. The first kappa shape index (κ1) is 22.0. The van der Waals surface area contributed by atoms with E-state index in [0.29, 0.717) is 12.8 Å². The van der Waals surface area contributed by atoms with Crippen LogP contribution in [0.1, 0.15) is 57.5 Å². The van der Waals surface area contributed by atoms with Crippen LogP contribution < -0.4 is 0 Å². The van der Waals surface area contributed by atoms with Crippen molar-refractivity contribution < 1.29 is 43.0 Å². The molecule has 0 saturated heterocycles. The number of carbonyl (C=O) groups is 2. The minimum atomic E-state index is -4.85. The molecule has 1 rings (SSSR count). The summed E-state index contributed by atoms with van der Waals surface area (Å²) in [5.41, 5.74) is -1.21. The molecule has 0 amide bonds. The van der Waals surface area contributed by atoms with E-state index in [1.165, 1.54) is 0 Å². The van der Waals surface area contributed by atoms with Crippen LogP contribution in [0.25, 0.3) is 0 Å². The first-order valence-electron chi connectivity index (χ1n) is 7.99. The molecule has 0 aliphatic carbocycles. The van der Waals surface area contributed by atoms with Crippen LogP contribution in [0, 0.1) is 0 Å². The van der Waals surface area contributed by atoms with Gasteiger partial charge in [-0.3, -0.25) is 4.55 Å². The lowest BCUT2D eigenvalue weighted by atomic mass is 9.90. The molecule has 0 aliphatic rings. The Morgan fingerprint density at radius 1 is 0.846 bits per heavy atom.